The molecule has 21 heavy (non-hydrogen) atoms. The van der Waals surface area contributed by atoms with Gasteiger partial charge in [-0.25, -0.2) is 0 Å². The molecule has 3 N–H and O–H groups in total. The van der Waals surface area contributed by atoms with E-state index in [2.05, 4.69) is 15.5 Å². The molecule has 0 fully saturated rings. The van der Waals surface area contributed by atoms with Crippen LogP contribution in [0, 0.1) is 6.92 Å². The number of benzene rings is 1. The summed E-state index contributed by atoms with van der Waals surface area (Å²) in [5.74, 6) is 1.17. The molecule has 8 heteroatoms. The molecular formula is C13H15ClN4O2S. The number of nitrogens with zero attached hydrogens (tertiary/aromatic N) is 2. The number of aryl methyl sites for hydroxylation is 1. The molecule has 0 saturated carbocycles. The van der Waals surface area contributed by atoms with Crippen LogP contribution in [0.4, 0.5) is 11.4 Å². The van der Waals surface area contributed by atoms with Gasteiger partial charge in [0.15, 0.2) is 0 Å². The molecule has 0 radical (unpaired) electrons. The molecule has 1 heterocycles. The number of aromatic nitrogens is 2. The number of nitrogen functional groups attached to an aromatic ring is 1. The van der Waals surface area contributed by atoms with Crippen LogP contribution in [0.25, 0.3) is 0 Å². The molecule has 0 aliphatic rings. The van der Waals surface area contributed by atoms with Crippen LogP contribution in [-0.4, -0.2) is 21.9 Å². The Morgan fingerprint density at radius 2 is 2.29 bits per heavy atom. The lowest BCUT2D eigenvalue weighted by molar-refractivity contribution is -0.116. The Bertz CT molecular complexity index is 632. The Morgan fingerprint density at radius 1 is 1.48 bits per heavy atom. The second kappa shape index (κ2) is 7.33. The van der Waals surface area contributed by atoms with Crippen LogP contribution in [-0.2, 0) is 4.79 Å². The van der Waals surface area contributed by atoms with Crippen molar-refractivity contribution in [1.29, 1.82) is 0 Å². The van der Waals surface area contributed by atoms with Crippen LogP contribution >= 0.6 is 23.4 Å². The largest absolute Gasteiger partial charge is 0.416 e. The van der Waals surface area contributed by atoms with Crippen molar-refractivity contribution in [3.05, 3.63) is 29.1 Å². The fourth-order valence-corrected chi connectivity index (χ4v) is 2.51. The minimum absolute atomic E-state index is 0.0914. The quantitative estimate of drug-likeness (QED) is 0.481. The summed E-state index contributed by atoms with van der Waals surface area (Å²) in [6.07, 6.45) is 1.09. The van der Waals surface area contributed by atoms with Crippen molar-refractivity contribution >= 4 is 40.6 Å². The normalized spacial score (nSPS) is 10.6. The van der Waals surface area contributed by atoms with E-state index in [1.54, 1.807) is 25.1 Å². The molecule has 1 aromatic carbocycles. The Kier molecular flexibility index (Phi) is 5.46. The lowest BCUT2D eigenvalue weighted by atomic mass is 10.2. The zero-order chi connectivity index (χ0) is 15.2. The number of nitrogens with two attached hydrogens (primary N) is 1. The monoisotopic (exact) mass is 326 g/mol. The second-order valence-electron chi connectivity index (χ2n) is 4.32. The third-order valence-corrected chi connectivity index (χ3v) is 3.71. The predicted molar refractivity (Wildman–Crippen MR) is 83.5 cm³/mol. The van der Waals surface area contributed by atoms with E-state index in [0.29, 0.717) is 40.4 Å². The minimum Gasteiger partial charge on any atom is -0.416 e. The maximum Gasteiger partial charge on any atom is 0.276 e. The number of nitrogens with one attached hydrogen (secondary N) is 1. The topological polar surface area (TPSA) is 94.0 Å². The van der Waals surface area contributed by atoms with Crippen molar-refractivity contribution in [2.75, 3.05) is 16.8 Å². The molecule has 1 aromatic heterocycles. The van der Waals surface area contributed by atoms with E-state index in [1.165, 1.54) is 11.8 Å². The van der Waals surface area contributed by atoms with Crippen LogP contribution in [0.3, 0.4) is 0 Å². The molecule has 112 valence electrons. The molecule has 0 atom stereocenters. The average Bonchev–Trinajstić information content (AvgIpc) is 2.84. The molecule has 0 bridgehead atoms. The number of thioether (sulfide) groups is 1. The van der Waals surface area contributed by atoms with Gasteiger partial charge >= 0.3 is 0 Å². The van der Waals surface area contributed by atoms with E-state index in [4.69, 9.17) is 21.8 Å². The molecule has 0 aliphatic heterocycles. The second-order valence-corrected chi connectivity index (χ2v) is 5.80. The highest BCUT2D eigenvalue weighted by atomic mass is 35.5. The van der Waals surface area contributed by atoms with Gasteiger partial charge in [0.1, 0.15) is 0 Å². The summed E-state index contributed by atoms with van der Waals surface area (Å²) >= 11 is 7.23. The van der Waals surface area contributed by atoms with Gasteiger partial charge in [0.05, 0.1) is 11.4 Å². The third kappa shape index (κ3) is 4.95. The Hall–Kier alpha value is -1.73. The maximum atomic E-state index is 11.8. The number of halogens is 1. The summed E-state index contributed by atoms with van der Waals surface area (Å²) < 4.78 is 5.22. The summed E-state index contributed by atoms with van der Waals surface area (Å²) in [5.41, 5.74) is 6.80. The Morgan fingerprint density at radius 3 is 2.95 bits per heavy atom. The highest BCUT2D eigenvalue weighted by Crippen LogP contribution is 2.23. The van der Waals surface area contributed by atoms with Crippen LogP contribution in [0.2, 0.25) is 5.02 Å². The van der Waals surface area contributed by atoms with E-state index in [-0.39, 0.29) is 5.91 Å². The first-order chi connectivity index (χ1) is 10.0. The minimum atomic E-state index is -0.0914. The lowest BCUT2D eigenvalue weighted by Crippen LogP contribution is -2.12. The maximum absolute atomic E-state index is 11.8. The molecule has 0 aliphatic carbocycles. The van der Waals surface area contributed by atoms with Crippen LogP contribution in [0.1, 0.15) is 18.7 Å². The van der Waals surface area contributed by atoms with E-state index in [1.807, 2.05) is 0 Å². The number of hydrogen-bond acceptors (Lipinski definition) is 6. The zero-order valence-corrected chi connectivity index (χ0v) is 13.0. The van der Waals surface area contributed by atoms with Gasteiger partial charge in [-0.3, -0.25) is 4.79 Å². The number of hydrogen-bond donors (Lipinski definition) is 2. The fraction of sp³-hybridized carbons (Fsp3) is 0.308. The van der Waals surface area contributed by atoms with Crippen LogP contribution in [0.15, 0.2) is 27.8 Å². The summed E-state index contributed by atoms with van der Waals surface area (Å²) in [5, 5.41) is 11.4. The number of carbonyl (C=O) groups excluding carboxylic acids is 1. The number of rotatable bonds is 6. The van der Waals surface area contributed by atoms with E-state index >= 15 is 0 Å². The summed E-state index contributed by atoms with van der Waals surface area (Å²) in [6, 6.07) is 4.97. The lowest BCUT2D eigenvalue weighted by Gasteiger charge is -2.08. The predicted octanol–water partition coefficient (Wildman–Crippen LogP) is 3.12. The van der Waals surface area contributed by atoms with Crippen molar-refractivity contribution in [3.8, 4) is 0 Å². The van der Waals surface area contributed by atoms with Crippen molar-refractivity contribution in [2.45, 2.75) is 25.0 Å². The molecule has 0 spiro atoms. The van der Waals surface area contributed by atoms with Crippen LogP contribution in [0.5, 0.6) is 0 Å². The third-order valence-electron chi connectivity index (χ3n) is 2.57. The Labute approximate surface area is 131 Å². The molecule has 0 saturated heterocycles. The first kappa shape index (κ1) is 15.7. The van der Waals surface area contributed by atoms with Gasteiger partial charge in [0.25, 0.3) is 5.22 Å². The molecule has 1 amide bonds. The molecular weight excluding hydrogens is 312 g/mol. The number of anilines is 2. The first-order valence-corrected chi connectivity index (χ1v) is 7.69. The first-order valence-electron chi connectivity index (χ1n) is 6.32. The number of amides is 1. The smallest absolute Gasteiger partial charge is 0.276 e. The van der Waals surface area contributed by atoms with Crippen molar-refractivity contribution < 1.29 is 9.21 Å². The molecule has 6 nitrogen and oxygen atoms in total. The molecule has 2 aromatic rings. The summed E-state index contributed by atoms with van der Waals surface area (Å²) in [4.78, 5) is 11.8. The van der Waals surface area contributed by atoms with Gasteiger partial charge in [-0.05, 0) is 24.6 Å². The van der Waals surface area contributed by atoms with Gasteiger partial charge in [-0.1, -0.05) is 23.4 Å². The molecule has 2 rings (SSSR count). The Balaban J connectivity index is 1.72. The van der Waals surface area contributed by atoms with Crippen molar-refractivity contribution in [2.24, 2.45) is 0 Å². The van der Waals surface area contributed by atoms with Gasteiger partial charge in [0.2, 0.25) is 11.8 Å². The van der Waals surface area contributed by atoms with Gasteiger partial charge in [-0.15, -0.1) is 10.2 Å². The van der Waals surface area contributed by atoms with Gasteiger partial charge in [0, 0.05) is 24.1 Å². The van der Waals surface area contributed by atoms with Gasteiger partial charge < -0.3 is 15.5 Å². The van der Waals surface area contributed by atoms with E-state index < -0.39 is 0 Å². The van der Waals surface area contributed by atoms with Crippen LogP contribution < -0.4 is 11.1 Å². The standard InChI is InChI=1S/C13H15ClN4O2S/c1-8-17-18-13(20-8)21-6-2-3-12(19)16-11-5-4-9(14)7-10(11)15/h4-5,7H,2-3,6,15H2,1H3,(H,16,19). The SMILES string of the molecule is Cc1nnc(SCCCC(=O)Nc2ccc(Cl)cc2N)o1. The fourth-order valence-electron chi connectivity index (χ4n) is 1.59. The van der Waals surface area contributed by atoms with Crippen molar-refractivity contribution in [3.63, 3.8) is 0 Å². The zero-order valence-electron chi connectivity index (χ0n) is 11.4. The summed E-state index contributed by atoms with van der Waals surface area (Å²) in [7, 11) is 0. The summed E-state index contributed by atoms with van der Waals surface area (Å²) in [6.45, 7) is 1.74. The molecule has 0 unspecified atom stereocenters. The van der Waals surface area contributed by atoms with Crippen molar-refractivity contribution in [1.82, 2.24) is 10.2 Å². The number of carbonyl (C=O) groups is 1. The van der Waals surface area contributed by atoms with E-state index in [0.717, 1.165) is 5.75 Å². The average molecular weight is 327 g/mol. The van der Waals surface area contributed by atoms with E-state index in [9.17, 15) is 4.79 Å². The highest BCUT2D eigenvalue weighted by molar-refractivity contribution is 7.99. The van der Waals surface area contributed by atoms with Gasteiger partial charge in [-0.2, -0.15) is 0 Å². The highest BCUT2D eigenvalue weighted by Gasteiger charge is 2.07.